The van der Waals surface area contributed by atoms with E-state index >= 15 is 0 Å². The number of Topliss-reactive ketones (excluding diaryl/α,β-unsaturated/α-hetero) is 1. The Morgan fingerprint density at radius 2 is 1.33 bits per heavy atom. The maximum absolute atomic E-state index is 14.2. The SMILES string of the molecule is Cc1ccc(COc2ccc(C3C(C(=O)Nc4cccc(C)c4C)C(=O)CC(C)(O)C3C(=O)Nc3cccc(C)c3C)cc2)cc1. The zero-order chi connectivity index (χ0) is 33.2. The molecule has 1 fully saturated rings. The lowest BCUT2D eigenvalue weighted by Crippen LogP contribution is -2.56. The van der Waals surface area contributed by atoms with Crippen LogP contribution in [0.2, 0.25) is 0 Å². The molecular formula is C39H42N2O5. The Morgan fingerprint density at radius 3 is 1.89 bits per heavy atom. The molecule has 1 aliphatic rings. The van der Waals surface area contributed by atoms with Crippen molar-refractivity contribution < 1.29 is 24.2 Å². The number of anilines is 2. The third-order valence-corrected chi connectivity index (χ3v) is 9.35. The first-order valence-corrected chi connectivity index (χ1v) is 15.6. The molecule has 4 aromatic carbocycles. The summed E-state index contributed by atoms with van der Waals surface area (Å²) in [5.74, 6) is -4.06. The van der Waals surface area contributed by atoms with Crippen molar-refractivity contribution in [3.05, 3.63) is 124 Å². The van der Waals surface area contributed by atoms with Crippen LogP contribution in [0.15, 0.2) is 84.9 Å². The average molecular weight is 619 g/mol. The van der Waals surface area contributed by atoms with Crippen LogP contribution in [0.5, 0.6) is 5.75 Å². The second kappa shape index (κ2) is 13.3. The van der Waals surface area contributed by atoms with E-state index in [9.17, 15) is 19.5 Å². The summed E-state index contributed by atoms with van der Waals surface area (Å²) in [7, 11) is 0. The third kappa shape index (κ3) is 6.90. The topological polar surface area (TPSA) is 105 Å². The van der Waals surface area contributed by atoms with Crippen LogP contribution in [0.1, 0.15) is 58.2 Å². The highest BCUT2D eigenvalue weighted by Gasteiger charge is 2.56. The summed E-state index contributed by atoms with van der Waals surface area (Å²) in [6.45, 7) is 11.6. The highest BCUT2D eigenvalue weighted by atomic mass is 16.5. The van der Waals surface area contributed by atoms with Crippen LogP contribution in [0.3, 0.4) is 0 Å². The molecule has 4 atom stereocenters. The van der Waals surface area contributed by atoms with Crippen LogP contribution in [0.4, 0.5) is 11.4 Å². The number of carbonyl (C=O) groups is 3. The number of hydrogen-bond donors (Lipinski definition) is 3. The van der Waals surface area contributed by atoms with E-state index in [0.29, 0.717) is 29.3 Å². The maximum atomic E-state index is 14.2. The van der Waals surface area contributed by atoms with E-state index in [4.69, 9.17) is 4.74 Å². The summed E-state index contributed by atoms with van der Waals surface area (Å²) >= 11 is 0. The number of nitrogens with one attached hydrogen (secondary N) is 2. The van der Waals surface area contributed by atoms with E-state index in [2.05, 4.69) is 10.6 Å². The molecule has 4 unspecified atom stereocenters. The van der Waals surface area contributed by atoms with E-state index in [1.165, 1.54) is 12.5 Å². The summed E-state index contributed by atoms with van der Waals surface area (Å²) in [5.41, 5.74) is 6.08. The zero-order valence-electron chi connectivity index (χ0n) is 27.3. The van der Waals surface area contributed by atoms with Crippen molar-refractivity contribution in [1.82, 2.24) is 0 Å². The van der Waals surface area contributed by atoms with Gasteiger partial charge in [-0.3, -0.25) is 14.4 Å². The van der Waals surface area contributed by atoms with Crippen molar-refractivity contribution in [1.29, 1.82) is 0 Å². The van der Waals surface area contributed by atoms with Crippen molar-refractivity contribution in [2.75, 3.05) is 10.6 Å². The quantitative estimate of drug-likeness (QED) is 0.182. The number of rotatable bonds is 8. The highest BCUT2D eigenvalue weighted by molar-refractivity contribution is 6.10. The van der Waals surface area contributed by atoms with Gasteiger partial charge in [0.1, 0.15) is 24.1 Å². The van der Waals surface area contributed by atoms with Gasteiger partial charge in [0.25, 0.3) is 0 Å². The molecule has 3 N–H and O–H groups in total. The van der Waals surface area contributed by atoms with Gasteiger partial charge in [-0.15, -0.1) is 0 Å². The normalized spacial score (nSPS) is 21.0. The van der Waals surface area contributed by atoms with Crippen molar-refractivity contribution >= 4 is 29.0 Å². The third-order valence-electron chi connectivity index (χ3n) is 9.35. The van der Waals surface area contributed by atoms with E-state index < -0.39 is 41.0 Å². The second-order valence-corrected chi connectivity index (χ2v) is 12.8. The Bertz CT molecular complexity index is 1760. The smallest absolute Gasteiger partial charge is 0.235 e. The minimum absolute atomic E-state index is 0.336. The molecule has 0 heterocycles. The molecule has 0 spiro atoms. The molecular weight excluding hydrogens is 576 g/mol. The molecule has 0 radical (unpaired) electrons. The van der Waals surface area contributed by atoms with Crippen LogP contribution in [0, 0.1) is 46.5 Å². The monoisotopic (exact) mass is 618 g/mol. The molecule has 0 bridgehead atoms. The Morgan fingerprint density at radius 1 is 0.783 bits per heavy atom. The number of ketones is 1. The number of ether oxygens (including phenoxy) is 1. The number of carbonyl (C=O) groups excluding carboxylic acids is 3. The Balaban J connectivity index is 1.52. The van der Waals surface area contributed by atoms with Gasteiger partial charge in [0, 0.05) is 23.7 Å². The molecule has 0 aliphatic heterocycles. The lowest BCUT2D eigenvalue weighted by atomic mass is 9.61. The fourth-order valence-electron chi connectivity index (χ4n) is 6.32. The Hall–Kier alpha value is -4.75. The van der Waals surface area contributed by atoms with Gasteiger partial charge in [-0.2, -0.15) is 0 Å². The van der Waals surface area contributed by atoms with Gasteiger partial charge in [0.05, 0.1) is 11.5 Å². The average Bonchev–Trinajstić information content (AvgIpc) is 3.00. The predicted octanol–water partition coefficient (Wildman–Crippen LogP) is 7.12. The van der Waals surface area contributed by atoms with Crippen LogP contribution >= 0.6 is 0 Å². The lowest BCUT2D eigenvalue weighted by molar-refractivity contribution is -0.150. The van der Waals surface area contributed by atoms with Gasteiger partial charge in [0.15, 0.2) is 0 Å². The van der Waals surface area contributed by atoms with Crippen LogP contribution in [-0.2, 0) is 21.0 Å². The zero-order valence-corrected chi connectivity index (χ0v) is 27.3. The lowest BCUT2D eigenvalue weighted by Gasteiger charge is -2.44. The van der Waals surface area contributed by atoms with Crippen LogP contribution < -0.4 is 15.4 Å². The van der Waals surface area contributed by atoms with Gasteiger partial charge >= 0.3 is 0 Å². The second-order valence-electron chi connectivity index (χ2n) is 12.8. The molecule has 0 saturated heterocycles. The minimum atomic E-state index is -1.71. The van der Waals surface area contributed by atoms with E-state index in [0.717, 1.165) is 27.8 Å². The number of hydrogen-bond acceptors (Lipinski definition) is 5. The minimum Gasteiger partial charge on any atom is -0.489 e. The number of benzene rings is 4. The molecule has 0 aromatic heterocycles. The number of amides is 2. The van der Waals surface area contributed by atoms with Crippen LogP contribution in [0.25, 0.3) is 0 Å². The first-order valence-electron chi connectivity index (χ1n) is 15.6. The van der Waals surface area contributed by atoms with Crippen molar-refractivity contribution in [2.45, 2.75) is 66.1 Å². The van der Waals surface area contributed by atoms with Crippen LogP contribution in [-0.4, -0.2) is 28.3 Å². The molecule has 1 aliphatic carbocycles. The molecule has 7 nitrogen and oxygen atoms in total. The molecule has 4 aromatic rings. The largest absolute Gasteiger partial charge is 0.489 e. The molecule has 2 amide bonds. The summed E-state index contributed by atoms with van der Waals surface area (Å²) in [5, 5.41) is 17.7. The van der Waals surface area contributed by atoms with Gasteiger partial charge in [-0.25, -0.2) is 0 Å². The summed E-state index contributed by atoms with van der Waals surface area (Å²) in [4.78, 5) is 42.0. The molecule has 238 valence electrons. The van der Waals surface area contributed by atoms with Gasteiger partial charge in [-0.1, -0.05) is 66.2 Å². The summed E-state index contributed by atoms with van der Waals surface area (Å²) in [6.07, 6.45) is -0.336. The fourth-order valence-corrected chi connectivity index (χ4v) is 6.32. The Labute approximate surface area is 271 Å². The van der Waals surface area contributed by atoms with E-state index in [1.54, 1.807) is 30.3 Å². The van der Waals surface area contributed by atoms with Crippen molar-refractivity contribution in [3.63, 3.8) is 0 Å². The standard InChI is InChI=1S/C39H42N2O5/c1-23-13-15-28(16-14-23)22-46-30-19-17-29(18-20-30)34-35(37(43)40-31-11-7-9-24(2)26(31)4)33(42)21-39(6,45)36(34)38(44)41-32-12-8-10-25(3)27(32)5/h7-20,34-36,45H,21-22H2,1-6H3,(H,40,43)(H,41,44). The molecule has 1 saturated carbocycles. The van der Waals surface area contributed by atoms with Gasteiger partial charge in [-0.05, 0) is 99.2 Å². The van der Waals surface area contributed by atoms with E-state index in [-0.39, 0.29) is 6.42 Å². The van der Waals surface area contributed by atoms with Crippen molar-refractivity contribution in [2.24, 2.45) is 11.8 Å². The van der Waals surface area contributed by atoms with Crippen molar-refractivity contribution in [3.8, 4) is 5.75 Å². The number of aryl methyl sites for hydroxylation is 3. The number of aliphatic hydroxyl groups is 1. The van der Waals surface area contributed by atoms with E-state index in [1.807, 2.05) is 89.2 Å². The highest BCUT2D eigenvalue weighted by Crippen LogP contribution is 2.47. The maximum Gasteiger partial charge on any atom is 0.235 e. The first-order chi connectivity index (χ1) is 21.9. The first kappa shape index (κ1) is 32.6. The summed E-state index contributed by atoms with van der Waals surface area (Å²) < 4.78 is 6.02. The molecule has 46 heavy (non-hydrogen) atoms. The van der Waals surface area contributed by atoms with Gasteiger partial charge in [0.2, 0.25) is 11.8 Å². The molecule has 7 heteroatoms. The molecule has 5 rings (SSSR count). The fraction of sp³-hybridized carbons (Fsp3) is 0.308. The summed E-state index contributed by atoms with van der Waals surface area (Å²) in [6, 6.07) is 26.4. The van der Waals surface area contributed by atoms with Gasteiger partial charge < -0.3 is 20.5 Å². The predicted molar refractivity (Wildman–Crippen MR) is 181 cm³/mol. The Kier molecular flexibility index (Phi) is 9.44.